The summed E-state index contributed by atoms with van der Waals surface area (Å²) in [5.41, 5.74) is 9.18. The van der Waals surface area contributed by atoms with Crippen molar-refractivity contribution in [3.05, 3.63) is 40.5 Å². The number of aromatic amines is 1. The number of likely N-dealkylation sites (tertiary alicyclic amines) is 1. The van der Waals surface area contributed by atoms with Crippen LogP contribution in [0.3, 0.4) is 0 Å². The van der Waals surface area contributed by atoms with Crippen LogP contribution < -0.4 is 5.73 Å². The van der Waals surface area contributed by atoms with E-state index in [1.165, 1.54) is 0 Å². The molecule has 1 aliphatic heterocycles. The number of benzene rings is 1. The van der Waals surface area contributed by atoms with Crippen LogP contribution in [0, 0.1) is 6.92 Å². The molecule has 0 unspecified atom stereocenters. The highest BCUT2D eigenvalue weighted by Crippen LogP contribution is 2.25. The summed E-state index contributed by atoms with van der Waals surface area (Å²) in [6, 6.07) is 7.50. The van der Waals surface area contributed by atoms with Crippen LogP contribution >= 0.6 is 11.6 Å². The predicted octanol–water partition coefficient (Wildman–Crippen LogP) is 2.99. The monoisotopic (exact) mass is 332 g/mol. The number of rotatable bonds is 2. The first-order valence-electron chi connectivity index (χ1n) is 7.92. The van der Waals surface area contributed by atoms with Gasteiger partial charge in [-0.2, -0.15) is 5.10 Å². The van der Waals surface area contributed by atoms with E-state index >= 15 is 0 Å². The van der Waals surface area contributed by atoms with Gasteiger partial charge in [0, 0.05) is 35.3 Å². The van der Waals surface area contributed by atoms with Crippen molar-refractivity contribution in [3.63, 3.8) is 0 Å². The first kappa shape index (κ1) is 16.0. The Balaban J connectivity index is 1.86. The van der Waals surface area contributed by atoms with E-state index in [0.29, 0.717) is 17.3 Å². The number of nitrogens with two attached hydrogens (primary N) is 1. The fourth-order valence-electron chi connectivity index (χ4n) is 3.01. The van der Waals surface area contributed by atoms with E-state index in [2.05, 4.69) is 10.2 Å². The quantitative estimate of drug-likeness (QED) is 0.887. The third-order valence-corrected chi connectivity index (χ3v) is 4.59. The molecule has 1 aromatic carbocycles. The Morgan fingerprint density at radius 2 is 2.09 bits per heavy atom. The Morgan fingerprint density at radius 1 is 1.35 bits per heavy atom. The molecule has 23 heavy (non-hydrogen) atoms. The highest BCUT2D eigenvalue weighted by atomic mass is 35.5. The SMILES string of the molecule is Cc1c(-c2ccc(Cl)cc2)n[nH]c1C(=O)N1CCCC[C@@H](N)C1. The normalized spacial score (nSPS) is 18.7. The third-order valence-electron chi connectivity index (χ3n) is 4.34. The van der Waals surface area contributed by atoms with Crippen LogP contribution in [0.4, 0.5) is 0 Å². The van der Waals surface area contributed by atoms with Gasteiger partial charge in [-0.25, -0.2) is 0 Å². The molecular formula is C17H21ClN4O. The number of carbonyl (C=O) groups is 1. The summed E-state index contributed by atoms with van der Waals surface area (Å²) >= 11 is 5.92. The second-order valence-electron chi connectivity index (χ2n) is 6.09. The van der Waals surface area contributed by atoms with Crippen LogP contribution in [0.15, 0.2) is 24.3 Å². The van der Waals surface area contributed by atoms with E-state index in [9.17, 15) is 4.79 Å². The van der Waals surface area contributed by atoms with E-state index in [1.54, 1.807) is 0 Å². The molecule has 1 atom stereocenters. The molecule has 6 heteroatoms. The van der Waals surface area contributed by atoms with Crippen molar-refractivity contribution in [2.24, 2.45) is 5.73 Å². The van der Waals surface area contributed by atoms with Crippen molar-refractivity contribution in [2.75, 3.05) is 13.1 Å². The van der Waals surface area contributed by atoms with E-state index in [1.807, 2.05) is 36.1 Å². The lowest BCUT2D eigenvalue weighted by molar-refractivity contribution is 0.0748. The summed E-state index contributed by atoms with van der Waals surface area (Å²) in [5.74, 6) is -0.0208. The minimum Gasteiger partial charge on any atom is -0.336 e. The molecule has 3 rings (SSSR count). The van der Waals surface area contributed by atoms with E-state index < -0.39 is 0 Å². The lowest BCUT2D eigenvalue weighted by atomic mass is 10.1. The molecule has 2 aromatic rings. The molecule has 1 amide bonds. The number of nitrogens with one attached hydrogen (secondary N) is 1. The van der Waals surface area contributed by atoms with Gasteiger partial charge in [0.2, 0.25) is 0 Å². The number of nitrogens with zero attached hydrogens (tertiary/aromatic N) is 2. The second kappa shape index (κ2) is 6.72. The van der Waals surface area contributed by atoms with Gasteiger partial charge >= 0.3 is 0 Å². The van der Waals surface area contributed by atoms with Gasteiger partial charge < -0.3 is 10.6 Å². The average Bonchev–Trinajstić information content (AvgIpc) is 2.77. The maximum absolute atomic E-state index is 12.8. The first-order valence-corrected chi connectivity index (χ1v) is 8.30. The summed E-state index contributed by atoms with van der Waals surface area (Å²) < 4.78 is 0. The van der Waals surface area contributed by atoms with Gasteiger partial charge in [0.25, 0.3) is 5.91 Å². The maximum Gasteiger partial charge on any atom is 0.272 e. The fraction of sp³-hybridized carbons (Fsp3) is 0.412. The zero-order chi connectivity index (χ0) is 16.4. The molecule has 1 fully saturated rings. The summed E-state index contributed by atoms with van der Waals surface area (Å²) in [4.78, 5) is 14.6. The molecule has 1 saturated heterocycles. The topological polar surface area (TPSA) is 75.0 Å². The lowest BCUT2D eigenvalue weighted by Gasteiger charge is -2.22. The van der Waals surface area contributed by atoms with Crippen molar-refractivity contribution in [1.29, 1.82) is 0 Å². The molecule has 1 aliphatic rings. The Labute approximate surface area is 140 Å². The smallest absolute Gasteiger partial charge is 0.272 e. The van der Waals surface area contributed by atoms with Crippen LogP contribution in [0.2, 0.25) is 5.02 Å². The van der Waals surface area contributed by atoms with Gasteiger partial charge in [-0.3, -0.25) is 9.89 Å². The van der Waals surface area contributed by atoms with Gasteiger partial charge in [-0.05, 0) is 31.9 Å². The van der Waals surface area contributed by atoms with Crippen molar-refractivity contribution in [3.8, 4) is 11.3 Å². The Kier molecular flexibility index (Phi) is 4.68. The molecule has 3 N–H and O–H groups in total. The summed E-state index contributed by atoms with van der Waals surface area (Å²) in [7, 11) is 0. The van der Waals surface area contributed by atoms with E-state index in [-0.39, 0.29) is 11.9 Å². The number of amides is 1. The largest absolute Gasteiger partial charge is 0.336 e. The Bertz CT molecular complexity index is 695. The zero-order valence-corrected chi connectivity index (χ0v) is 13.9. The lowest BCUT2D eigenvalue weighted by Crippen LogP contribution is -2.40. The molecular weight excluding hydrogens is 312 g/mol. The number of carbonyl (C=O) groups excluding carboxylic acids is 1. The number of H-pyrrole nitrogens is 1. The minimum absolute atomic E-state index is 0.0208. The van der Waals surface area contributed by atoms with E-state index in [0.717, 1.165) is 42.6 Å². The summed E-state index contributed by atoms with van der Waals surface area (Å²) in [6.07, 6.45) is 3.04. The van der Waals surface area contributed by atoms with E-state index in [4.69, 9.17) is 17.3 Å². The number of aromatic nitrogens is 2. The van der Waals surface area contributed by atoms with Gasteiger partial charge in [-0.15, -0.1) is 0 Å². The number of hydrogen-bond donors (Lipinski definition) is 2. The van der Waals surface area contributed by atoms with Crippen LogP contribution in [0.25, 0.3) is 11.3 Å². The average molecular weight is 333 g/mol. The van der Waals surface area contributed by atoms with Gasteiger partial charge in [0.05, 0.1) is 5.69 Å². The highest BCUT2D eigenvalue weighted by molar-refractivity contribution is 6.30. The van der Waals surface area contributed by atoms with Crippen LogP contribution in [0.5, 0.6) is 0 Å². The second-order valence-corrected chi connectivity index (χ2v) is 6.52. The number of halogens is 1. The Morgan fingerprint density at radius 3 is 2.83 bits per heavy atom. The predicted molar refractivity (Wildman–Crippen MR) is 91.5 cm³/mol. The molecule has 0 spiro atoms. The van der Waals surface area contributed by atoms with Crippen LogP contribution in [-0.4, -0.2) is 40.1 Å². The maximum atomic E-state index is 12.8. The summed E-state index contributed by atoms with van der Waals surface area (Å²) in [6.45, 7) is 3.27. The highest BCUT2D eigenvalue weighted by Gasteiger charge is 2.25. The molecule has 5 nitrogen and oxygen atoms in total. The third kappa shape index (κ3) is 3.41. The van der Waals surface area contributed by atoms with Gasteiger partial charge in [0.15, 0.2) is 0 Å². The van der Waals surface area contributed by atoms with Crippen LogP contribution in [0.1, 0.15) is 35.3 Å². The first-order chi connectivity index (χ1) is 11.1. The molecule has 122 valence electrons. The van der Waals surface area contributed by atoms with Crippen molar-refractivity contribution < 1.29 is 4.79 Å². The number of hydrogen-bond acceptors (Lipinski definition) is 3. The zero-order valence-electron chi connectivity index (χ0n) is 13.2. The standard InChI is InChI=1S/C17H21ClN4O/c1-11-15(12-5-7-13(18)8-6-12)20-21-16(11)17(23)22-9-3-2-4-14(19)10-22/h5-8,14H,2-4,9-10,19H2,1H3,(H,20,21)/t14-/m1/s1. The van der Waals surface area contributed by atoms with Gasteiger partial charge in [0.1, 0.15) is 5.69 Å². The molecule has 0 saturated carbocycles. The summed E-state index contributed by atoms with van der Waals surface area (Å²) in [5, 5.41) is 7.91. The van der Waals surface area contributed by atoms with Crippen LogP contribution in [-0.2, 0) is 0 Å². The molecule has 2 heterocycles. The fourth-order valence-corrected chi connectivity index (χ4v) is 3.14. The van der Waals surface area contributed by atoms with Crippen molar-refractivity contribution in [2.45, 2.75) is 32.2 Å². The molecule has 1 aromatic heterocycles. The molecule has 0 aliphatic carbocycles. The van der Waals surface area contributed by atoms with Crippen molar-refractivity contribution in [1.82, 2.24) is 15.1 Å². The van der Waals surface area contributed by atoms with Gasteiger partial charge in [-0.1, -0.05) is 30.2 Å². The molecule has 0 radical (unpaired) electrons. The Hall–Kier alpha value is -1.85. The minimum atomic E-state index is -0.0208. The molecule has 0 bridgehead atoms. The van der Waals surface area contributed by atoms with Crippen molar-refractivity contribution >= 4 is 17.5 Å².